The number of aromatic nitrogens is 2. The summed E-state index contributed by atoms with van der Waals surface area (Å²) in [7, 11) is 0. The van der Waals surface area contributed by atoms with Gasteiger partial charge >= 0.3 is 48.9 Å². The maximum absolute atomic E-state index is 4.20. The molecule has 0 spiro atoms. The summed E-state index contributed by atoms with van der Waals surface area (Å²) < 4.78 is 4.82. The Kier molecular flexibility index (Phi) is 12.1. The van der Waals surface area contributed by atoms with Crippen LogP contribution in [0.4, 0.5) is 11.4 Å². The van der Waals surface area contributed by atoms with Gasteiger partial charge in [-0.05, 0) is 95.0 Å². The van der Waals surface area contributed by atoms with Crippen molar-refractivity contribution in [1.29, 1.82) is 0 Å². The summed E-state index contributed by atoms with van der Waals surface area (Å²) in [6, 6.07) is 37.4. The van der Waals surface area contributed by atoms with Crippen LogP contribution in [0.25, 0.3) is 55.0 Å². The Balaban J connectivity index is 0.00000585. The van der Waals surface area contributed by atoms with Crippen LogP contribution in [0.3, 0.4) is 0 Å². The first kappa shape index (κ1) is 44.8. The summed E-state index contributed by atoms with van der Waals surface area (Å²) in [6.07, 6.45) is 4.17. The van der Waals surface area contributed by atoms with Crippen LogP contribution in [-0.4, -0.2) is 58.0 Å². The van der Waals surface area contributed by atoms with Crippen molar-refractivity contribution in [3.8, 4) is 5.69 Å². The second-order valence-electron chi connectivity index (χ2n) is 20.5. The Morgan fingerprint density at radius 1 is 0.661 bits per heavy atom. The molecular weight excluding hydrogens is 840 g/mol. The van der Waals surface area contributed by atoms with Gasteiger partial charge in [-0.3, -0.25) is 0 Å². The zero-order chi connectivity index (χ0) is 42.3. The van der Waals surface area contributed by atoms with Crippen LogP contribution in [0.2, 0.25) is 0 Å². The molecule has 0 bridgehead atoms. The number of nitrogens with zero attached hydrogens (tertiary/aromatic N) is 2. The number of rotatable bonds is 6. The number of benzene rings is 5. The average molecular weight is 903 g/mol. The molecule has 300 valence electrons. The molecule has 0 aliphatic heterocycles. The Bertz CT molecular complexity index is 2820. The van der Waals surface area contributed by atoms with Gasteiger partial charge in [-0.25, -0.2) is 0 Å². The van der Waals surface area contributed by atoms with E-state index in [4.69, 9.17) is 0 Å². The van der Waals surface area contributed by atoms with Crippen LogP contribution in [0.1, 0.15) is 126 Å². The fourth-order valence-electron chi connectivity index (χ4n) is 8.32. The number of fused-ring (bicyclic) bond motifs is 6. The van der Waals surface area contributed by atoms with Crippen molar-refractivity contribution in [2.45, 2.75) is 126 Å². The molecule has 0 atom stereocenters. The third kappa shape index (κ3) is 8.36. The van der Waals surface area contributed by atoms with Crippen LogP contribution in [-0.2, 0) is 21.7 Å². The Morgan fingerprint density at radius 3 is 1.95 bits per heavy atom. The SMILES string of the molecule is C=C/C(C)=C(\C(C)=C/C)n1c2ccc(C(C)(C)C)cc2c2ccc(Nc3cc(-n4c5[c-]cc(C(C)(C)C)cc5c5c(C(C)(C)C)cccc54)[c-]c(C(C)(C)C)c3)cc21.[Ba+2]. The minimum Gasteiger partial charge on any atom is -0.378 e. The van der Waals surface area contributed by atoms with Crippen LogP contribution in [0.5, 0.6) is 0 Å². The van der Waals surface area contributed by atoms with Crippen molar-refractivity contribution in [1.82, 2.24) is 9.13 Å². The van der Waals surface area contributed by atoms with E-state index in [0.29, 0.717) is 0 Å². The molecule has 0 aliphatic carbocycles. The fourth-order valence-corrected chi connectivity index (χ4v) is 8.32. The summed E-state index contributed by atoms with van der Waals surface area (Å²) in [4.78, 5) is 0. The molecule has 0 saturated carbocycles. The van der Waals surface area contributed by atoms with Gasteiger partial charge in [0.2, 0.25) is 0 Å². The monoisotopic (exact) mass is 903 g/mol. The van der Waals surface area contributed by atoms with E-state index >= 15 is 0 Å². The van der Waals surface area contributed by atoms with E-state index in [1.165, 1.54) is 54.8 Å². The van der Waals surface area contributed by atoms with Crippen molar-refractivity contribution in [3.63, 3.8) is 0 Å². The predicted octanol–water partition coefficient (Wildman–Crippen LogP) is 15.4. The van der Waals surface area contributed by atoms with E-state index in [2.05, 4.69) is 222 Å². The second-order valence-corrected chi connectivity index (χ2v) is 20.5. The van der Waals surface area contributed by atoms with Crippen molar-refractivity contribution in [2.75, 3.05) is 5.32 Å². The van der Waals surface area contributed by atoms with Crippen molar-refractivity contribution in [2.24, 2.45) is 0 Å². The first-order valence-electron chi connectivity index (χ1n) is 20.9. The smallest absolute Gasteiger partial charge is 0.378 e. The summed E-state index contributed by atoms with van der Waals surface area (Å²) in [5, 5.41) is 8.91. The number of hydrogen-bond donors (Lipinski definition) is 1. The molecule has 7 rings (SSSR count). The number of allylic oxidation sites excluding steroid dienone is 5. The third-order valence-electron chi connectivity index (χ3n) is 11.9. The molecule has 0 amide bonds. The molecule has 5 aromatic carbocycles. The van der Waals surface area contributed by atoms with E-state index in [1.54, 1.807) is 0 Å². The quantitative estimate of drug-likeness (QED) is 0.100. The molecular formula is C55H63BaN3. The van der Waals surface area contributed by atoms with E-state index in [-0.39, 0.29) is 70.5 Å². The largest absolute Gasteiger partial charge is 2.00 e. The van der Waals surface area contributed by atoms with Crippen LogP contribution in [0, 0.1) is 12.1 Å². The fraction of sp³-hybridized carbons (Fsp3) is 0.345. The van der Waals surface area contributed by atoms with Crippen LogP contribution < -0.4 is 5.32 Å². The molecule has 0 aliphatic rings. The molecule has 4 heteroatoms. The van der Waals surface area contributed by atoms with Crippen LogP contribution in [0.15, 0.2) is 109 Å². The Labute approximate surface area is 394 Å². The molecule has 2 heterocycles. The van der Waals surface area contributed by atoms with Gasteiger partial charge in [0.05, 0.1) is 16.7 Å². The number of anilines is 2. The van der Waals surface area contributed by atoms with E-state index in [0.717, 1.165) is 44.9 Å². The van der Waals surface area contributed by atoms with Gasteiger partial charge in [0.25, 0.3) is 0 Å². The second kappa shape index (κ2) is 16.0. The van der Waals surface area contributed by atoms with Gasteiger partial charge < -0.3 is 14.5 Å². The van der Waals surface area contributed by atoms with Gasteiger partial charge in [0, 0.05) is 22.0 Å². The first-order chi connectivity index (χ1) is 27.0. The Hall–Kier alpha value is -3.71. The molecule has 3 nitrogen and oxygen atoms in total. The van der Waals surface area contributed by atoms with E-state index in [1.807, 2.05) is 6.08 Å². The minimum absolute atomic E-state index is 0. The molecule has 0 unspecified atom stereocenters. The first-order valence-corrected chi connectivity index (χ1v) is 20.9. The maximum atomic E-state index is 4.20. The van der Waals surface area contributed by atoms with Gasteiger partial charge in [0.1, 0.15) is 0 Å². The van der Waals surface area contributed by atoms with E-state index in [9.17, 15) is 0 Å². The zero-order valence-corrected chi connectivity index (χ0v) is 42.9. The summed E-state index contributed by atoms with van der Waals surface area (Å²) in [5.74, 6) is 0. The zero-order valence-electron chi connectivity index (χ0n) is 38.5. The van der Waals surface area contributed by atoms with Crippen LogP contribution >= 0.6 is 0 Å². The molecule has 59 heavy (non-hydrogen) atoms. The topological polar surface area (TPSA) is 21.9 Å². The predicted molar refractivity (Wildman–Crippen MR) is 260 cm³/mol. The van der Waals surface area contributed by atoms with Gasteiger partial charge in [0.15, 0.2) is 0 Å². The molecule has 1 N–H and O–H groups in total. The third-order valence-corrected chi connectivity index (χ3v) is 11.9. The Morgan fingerprint density at radius 2 is 1.34 bits per heavy atom. The maximum Gasteiger partial charge on any atom is 2.00 e. The van der Waals surface area contributed by atoms with Crippen molar-refractivity contribution in [3.05, 3.63) is 143 Å². The summed E-state index contributed by atoms with van der Waals surface area (Å²) in [5.41, 5.74) is 16.1. The normalized spacial score (nSPS) is 13.6. The molecule has 2 aromatic heterocycles. The average Bonchev–Trinajstić information content (AvgIpc) is 3.65. The van der Waals surface area contributed by atoms with E-state index < -0.39 is 0 Å². The molecule has 7 aromatic rings. The summed E-state index contributed by atoms with van der Waals surface area (Å²) >= 11 is 0. The van der Waals surface area contributed by atoms with Gasteiger partial charge in [-0.2, -0.15) is 29.8 Å². The van der Waals surface area contributed by atoms with Crippen molar-refractivity contribution < 1.29 is 0 Å². The van der Waals surface area contributed by atoms with Gasteiger partial charge in [-0.15, -0.1) is 23.1 Å². The standard InChI is InChI=1S/C55H63N3.Ba/c1-17-34(3)51(35(4)18-2)58-46-26-22-36(52(5,6)7)30-43(46)42-25-24-39(33-49(42)58)56-40-28-38(54(11,12)13)29-41(32-40)57-47-27-23-37(53(8,9)10)31-44(47)50-45(55(14,15)16)20-19-21-48(50)57;/h17-26,28,30-33,56H,1H2,2-16H3;/q-2;+2/b35-18-,51-34+;. The molecule has 0 fully saturated rings. The van der Waals surface area contributed by atoms with Crippen molar-refractivity contribution >= 4 is 110 Å². The molecule has 0 radical (unpaired) electrons. The minimum atomic E-state index is -0.141. The number of hydrogen-bond acceptors (Lipinski definition) is 1. The van der Waals surface area contributed by atoms with Gasteiger partial charge in [-0.1, -0.05) is 148 Å². The summed E-state index contributed by atoms with van der Waals surface area (Å²) in [6.45, 7) is 38.1. The molecule has 0 saturated heterocycles. The number of nitrogens with one attached hydrogen (secondary N) is 1.